The van der Waals surface area contributed by atoms with Crippen LogP contribution in [-0.4, -0.2) is 36.4 Å². The molecule has 3 aromatic rings. The van der Waals surface area contributed by atoms with Crippen molar-refractivity contribution in [1.82, 2.24) is 4.72 Å². The van der Waals surface area contributed by atoms with E-state index in [-0.39, 0.29) is 17.7 Å². The minimum atomic E-state index is -4.10. The molecule has 0 saturated heterocycles. The van der Waals surface area contributed by atoms with Gasteiger partial charge < -0.3 is 14.5 Å². The summed E-state index contributed by atoms with van der Waals surface area (Å²) in [6.45, 7) is 0. The average Bonchev–Trinajstić information content (AvgIpc) is 3.04. The fourth-order valence-electron chi connectivity index (χ4n) is 2.92. The van der Waals surface area contributed by atoms with Crippen LogP contribution in [0.2, 0.25) is 0 Å². The predicted octanol–water partition coefficient (Wildman–Crippen LogP) is 1.38. The topological polar surface area (TPSA) is 143 Å². The lowest BCUT2D eigenvalue weighted by molar-refractivity contribution is -0.385. The quantitative estimate of drug-likeness (QED) is 0.292. The van der Waals surface area contributed by atoms with Crippen LogP contribution in [0.25, 0.3) is 11.0 Å². The second-order valence-corrected chi connectivity index (χ2v) is 8.00. The van der Waals surface area contributed by atoms with E-state index in [0.717, 1.165) is 5.39 Å². The van der Waals surface area contributed by atoms with E-state index in [1.807, 2.05) is 0 Å². The van der Waals surface area contributed by atoms with Crippen molar-refractivity contribution >= 4 is 33.8 Å². The first-order valence-corrected chi connectivity index (χ1v) is 9.95. The van der Waals surface area contributed by atoms with E-state index in [1.54, 1.807) is 24.3 Å². The monoisotopic (exact) mass is 404 g/mol. The van der Waals surface area contributed by atoms with Crippen LogP contribution in [0.15, 0.2) is 59.2 Å². The van der Waals surface area contributed by atoms with Gasteiger partial charge in [0.05, 0.1) is 22.9 Å². The summed E-state index contributed by atoms with van der Waals surface area (Å²) >= 11 is 0. The molecule has 3 rings (SSSR count). The highest BCUT2D eigenvalue weighted by Crippen LogP contribution is 2.23. The Bertz CT molecular complexity index is 1100. The molecule has 0 unspecified atom stereocenters. The highest BCUT2D eigenvalue weighted by molar-refractivity contribution is 7.88. The van der Waals surface area contributed by atoms with Gasteiger partial charge in [0.25, 0.3) is 5.69 Å². The van der Waals surface area contributed by atoms with Crippen molar-refractivity contribution in [3.05, 3.63) is 76.0 Å². The van der Waals surface area contributed by atoms with Crippen molar-refractivity contribution in [2.45, 2.75) is 18.1 Å². The lowest BCUT2D eigenvalue weighted by Crippen LogP contribution is -2.48. The third-order valence-corrected chi connectivity index (χ3v) is 5.58. The Morgan fingerprint density at radius 2 is 1.79 bits per heavy atom. The molecule has 146 valence electrons. The van der Waals surface area contributed by atoms with Gasteiger partial charge in [-0.25, -0.2) is 13.1 Å². The Morgan fingerprint density at radius 1 is 1.11 bits per heavy atom. The van der Waals surface area contributed by atoms with Crippen LogP contribution >= 0.6 is 0 Å². The molecular weight excluding hydrogens is 387 g/mol. The van der Waals surface area contributed by atoms with Crippen molar-refractivity contribution in [1.29, 1.82) is 0 Å². The Balaban J connectivity index is 1.81. The molecule has 0 amide bonds. The van der Waals surface area contributed by atoms with Crippen LogP contribution in [0.3, 0.4) is 0 Å². The maximum Gasteiger partial charge on any atom is 0.471 e. The Morgan fingerprint density at radius 3 is 2.50 bits per heavy atom. The molecule has 0 aliphatic rings. The van der Waals surface area contributed by atoms with Crippen molar-refractivity contribution in [2.75, 3.05) is 0 Å². The number of para-hydroxylation sites is 2. The zero-order valence-corrected chi connectivity index (χ0v) is 15.4. The van der Waals surface area contributed by atoms with E-state index in [4.69, 9.17) is 4.42 Å². The first-order chi connectivity index (χ1) is 13.3. The number of rotatable bonds is 8. The molecule has 3 N–H and O–H groups in total. The highest BCUT2D eigenvalue weighted by Gasteiger charge is 2.30. The minimum absolute atomic E-state index is 0.0000551. The van der Waals surface area contributed by atoms with Crippen LogP contribution in [0.4, 0.5) is 5.69 Å². The van der Waals surface area contributed by atoms with Gasteiger partial charge in [0, 0.05) is 17.0 Å². The fraction of sp³-hybridized carbons (Fsp3) is 0.176. The predicted molar refractivity (Wildman–Crippen MR) is 103 cm³/mol. The van der Waals surface area contributed by atoms with Crippen LogP contribution in [0.5, 0.6) is 0 Å². The standard InChI is InChI=1S/C17H17BN2O7S/c21-18(22)17(9-13-10-27-16-8-4-2-6-14(13)16)19-28(25,26)11-12-5-1-3-7-15(12)20(23)24/h1-8,10,17,19,21-22H,9,11H2/t17-/m0/s1. The molecule has 1 heterocycles. The fourth-order valence-corrected chi connectivity index (χ4v) is 4.33. The maximum atomic E-state index is 12.5. The number of nitro groups is 1. The summed E-state index contributed by atoms with van der Waals surface area (Å²) in [5, 5.41) is 31.1. The van der Waals surface area contributed by atoms with Gasteiger partial charge in [-0.3, -0.25) is 10.1 Å². The van der Waals surface area contributed by atoms with Gasteiger partial charge in [-0.15, -0.1) is 0 Å². The van der Waals surface area contributed by atoms with Crippen LogP contribution < -0.4 is 4.72 Å². The third kappa shape index (κ3) is 4.57. The molecular formula is C17H17BN2O7S. The van der Waals surface area contributed by atoms with Gasteiger partial charge in [-0.05, 0) is 18.1 Å². The Labute approximate surface area is 161 Å². The molecule has 1 atom stereocenters. The van der Waals surface area contributed by atoms with Crippen molar-refractivity contribution < 1.29 is 27.8 Å². The first kappa shape index (κ1) is 20.0. The van der Waals surface area contributed by atoms with E-state index < -0.39 is 33.8 Å². The number of nitrogens with zero attached hydrogens (tertiary/aromatic N) is 1. The van der Waals surface area contributed by atoms with Crippen LogP contribution in [0, 0.1) is 10.1 Å². The molecule has 0 fully saturated rings. The van der Waals surface area contributed by atoms with E-state index in [2.05, 4.69) is 4.72 Å². The largest absolute Gasteiger partial charge is 0.471 e. The van der Waals surface area contributed by atoms with Gasteiger partial charge in [-0.2, -0.15) is 0 Å². The Kier molecular flexibility index (Phi) is 5.80. The number of nitrogens with one attached hydrogen (secondary N) is 1. The van der Waals surface area contributed by atoms with E-state index in [0.29, 0.717) is 11.1 Å². The molecule has 0 bridgehead atoms. The Hall–Kier alpha value is -2.73. The molecule has 0 aliphatic heterocycles. The summed E-state index contributed by atoms with van der Waals surface area (Å²) < 4.78 is 32.6. The average molecular weight is 404 g/mol. The molecule has 2 aromatic carbocycles. The second-order valence-electron chi connectivity index (χ2n) is 6.24. The zero-order valence-electron chi connectivity index (χ0n) is 14.6. The van der Waals surface area contributed by atoms with Gasteiger partial charge in [0.1, 0.15) is 5.58 Å². The SMILES string of the molecule is O=[N+]([O-])c1ccccc1CS(=O)(=O)N[C@@H](Cc1coc2ccccc12)B(O)O. The van der Waals surface area contributed by atoms with Crippen molar-refractivity contribution in [3.63, 3.8) is 0 Å². The van der Waals surface area contributed by atoms with Crippen molar-refractivity contribution in [2.24, 2.45) is 0 Å². The minimum Gasteiger partial charge on any atom is -0.464 e. The number of nitro benzene ring substituents is 1. The number of fused-ring (bicyclic) bond motifs is 1. The van der Waals surface area contributed by atoms with Gasteiger partial charge in [-0.1, -0.05) is 36.4 Å². The van der Waals surface area contributed by atoms with E-state index >= 15 is 0 Å². The number of furan rings is 1. The summed E-state index contributed by atoms with van der Waals surface area (Å²) in [5.74, 6) is -1.92. The number of hydrogen-bond donors (Lipinski definition) is 3. The number of hydrogen-bond acceptors (Lipinski definition) is 7. The molecule has 1 aromatic heterocycles. The summed E-state index contributed by atoms with van der Waals surface area (Å²) in [4.78, 5) is 10.4. The number of benzene rings is 2. The summed E-state index contributed by atoms with van der Waals surface area (Å²) in [7, 11) is -6.07. The van der Waals surface area contributed by atoms with Gasteiger partial charge in [0.15, 0.2) is 0 Å². The van der Waals surface area contributed by atoms with Gasteiger partial charge in [0.2, 0.25) is 10.0 Å². The molecule has 0 spiro atoms. The summed E-state index contributed by atoms with van der Waals surface area (Å²) in [6.07, 6.45) is 1.39. The van der Waals surface area contributed by atoms with Gasteiger partial charge >= 0.3 is 7.12 Å². The molecule has 11 heteroatoms. The second kappa shape index (κ2) is 8.11. The maximum absolute atomic E-state index is 12.5. The lowest BCUT2D eigenvalue weighted by atomic mass is 9.77. The lowest BCUT2D eigenvalue weighted by Gasteiger charge is -2.17. The molecule has 0 radical (unpaired) electrons. The highest BCUT2D eigenvalue weighted by atomic mass is 32.2. The summed E-state index contributed by atoms with van der Waals surface area (Å²) in [5.41, 5.74) is 0.864. The third-order valence-electron chi connectivity index (χ3n) is 4.23. The van der Waals surface area contributed by atoms with E-state index in [1.165, 1.54) is 30.5 Å². The zero-order chi connectivity index (χ0) is 20.3. The van der Waals surface area contributed by atoms with E-state index in [9.17, 15) is 28.6 Å². The molecule has 0 aliphatic carbocycles. The molecule has 9 nitrogen and oxygen atoms in total. The normalized spacial score (nSPS) is 12.8. The van der Waals surface area contributed by atoms with Crippen LogP contribution in [-0.2, 0) is 22.2 Å². The summed E-state index contributed by atoms with van der Waals surface area (Å²) in [6, 6.07) is 12.6. The number of sulfonamides is 1. The molecule has 28 heavy (non-hydrogen) atoms. The molecule has 0 saturated carbocycles. The first-order valence-electron chi connectivity index (χ1n) is 8.30. The smallest absolute Gasteiger partial charge is 0.464 e. The van der Waals surface area contributed by atoms with Crippen LogP contribution in [0.1, 0.15) is 11.1 Å². The van der Waals surface area contributed by atoms with Crippen molar-refractivity contribution in [3.8, 4) is 0 Å².